The predicted molar refractivity (Wildman–Crippen MR) is 423 cm³/mol. The van der Waals surface area contributed by atoms with Crippen molar-refractivity contribution in [3.8, 4) is 22.6 Å². The monoisotopic (exact) mass is 3200 g/mol. The van der Waals surface area contributed by atoms with Gasteiger partial charge in [-0.05, 0) is 0 Å². The molecule has 4 saturated heterocycles. The van der Waals surface area contributed by atoms with E-state index in [1.54, 1.807) is 38.2 Å². The van der Waals surface area contributed by atoms with Gasteiger partial charge in [0.05, 0.1) is 0 Å². The molecular weight excluding hydrogens is 3110 g/mol. The van der Waals surface area contributed by atoms with Crippen molar-refractivity contribution in [3.05, 3.63) is 208 Å². The number of halogens is 2. The summed E-state index contributed by atoms with van der Waals surface area (Å²) in [6, 6.07) is 64.1. The molecule has 15 rings (SSSR count). The Bertz CT molecular complexity index is 3050. The third-order valence-corrected chi connectivity index (χ3v) is 106. The Hall–Kier alpha value is 3.67. The number of fused-ring (bicyclic) bond motifs is 5. The molecule has 8 heterocycles. The Morgan fingerprint density at radius 2 is 0.967 bits per heavy atom. The number of nitrogens with zero attached hydrogens (tertiary/aromatic N) is 2. The summed E-state index contributed by atoms with van der Waals surface area (Å²) in [5.74, 6) is 3.36. The maximum atomic E-state index is 10.9. The van der Waals surface area contributed by atoms with E-state index in [-0.39, 0.29) is 0 Å². The molecular formula is C70H95Bi9Cl2N2O4S3Te. The van der Waals surface area contributed by atoms with E-state index >= 15 is 0 Å². The molecule has 91 heavy (non-hydrogen) atoms. The van der Waals surface area contributed by atoms with Crippen molar-refractivity contribution in [2.24, 2.45) is 0 Å². The molecule has 6 nitrogen and oxygen atoms in total. The van der Waals surface area contributed by atoms with Crippen LogP contribution in [0.15, 0.2) is 218 Å². The van der Waals surface area contributed by atoms with Gasteiger partial charge < -0.3 is 0 Å². The van der Waals surface area contributed by atoms with Crippen LogP contribution < -0.4 is 22.3 Å². The van der Waals surface area contributed by atoms with E-state index in [1.165, 1.54) is 50.3 Å². The van der Waals surface area contributed by atoms with Gasteiger partial charge in [-0.1, -0.05) is 0 Å². The van der Waals surface area contributed by atoms with Gasteiger partial charge in [-0.3, -0.25) is 0 Å². The summed E-state index contributed by atoms with van der Waals surface area (Å²) in [4.78, 5) is 4.89. The van der Waals surface area contributed by atoms with Gasteiger partial charge in [0.2, 0.25) is 0 Å². The standard InChI is InChI=1S/C12H8.C7H8OTe.C6H6O2.C6H6S2.2C6H5.C4H10N2.C4H8.C4H4.C3H6O.C3H7S.9CH3.9Bi.2ClH/c1-3-7-11(8-4-1)12-9-5-2-6-10-12;1-9(8)7-5-3-2-4-6-7;2*7-5-3-1-2-4-6(5)8;2*1-2-4-6-5-3-1;1-5-3-4-6-2;2*1-3-4-2;2*1-2-3-4;;;;;;;;;;;;;;;;;;;;/h1-7,9H;2-6H,1H3;2*1-4,7-8H;2*1-5H;3-4H2,1-2H3;1-4H2;1-4H;1-3H2;4H,1-3H2;9*1H3;;;;;;;;;;2*1H/q;;;;;;-2;;;-1;;;;;;;;;;;;;;2*+1;4*+2;;/p-7. The van der Waals surface area contributed by atoms with E-state index in [1.807, 2.05) is 125 Å². The zero-order valence-corrected chi connectivity index (χ0v) is 92.7. The van der Waals surface area contributed by atoms with Gasteiger partial charge >= 0.3 is 653 Å². The van der Waals surface area contributed by atoms with Crippen LogP contribution in [0.25, 0.3) is 11.1 Å². The van der Waals surface area contributed by atoms with Crippen LogP contribution in [0.2, 0.25) is 63.2 Å². The van der Waals surface area contributed by atoms with E-state index in [4.69, 9.17) is 25.5 Å². The predicted octanol–water partition coefficient (Wildman–Crippen LogP) is 16.7. The van der Waals surface area contributed by atoms with Crippen molar-refractivity contribution in [1.82, 2.24) is 5.69 Å². The van der Waals surface area contributed by atoms with Gasteiger partial charge in [0.15, 0.2) is 0 Å². The summed E-state index contributed by atoms with van der Waals surface area (Å²) in [5.41, 5.74) is 3.01. The molecule has 0 radical (unpaired) electrons. The van der Waals surface area contributed by atoms with E-state index in [0.29, 0.717) is 0 Å². The van der Waals surface area contributed by atoms with Crippen molar-refractivity contribution in [3.63, 3.8) is 0 Å². The van der Waals surface area contributed by atoms with Crippen molar-refractivity contribution in [2.45, 2.75) is 98.6 Å². The van der Waals surface area contributed by atoms with Crippen molar-refractivity contribution in [2.75, 3.05) is 39.5 Å². The third-order valence-electron chi connectivity index (χ3n) is 14.9. The fourth-order valence-electron chi connectivity index (χ4n) is 9.48. The van der Waals surface area contributed by atoms with Crippen molar-refractivity contribution >= 4 is 267 Å². The zero-order valence-electron chi connectivity index (χ0n) is 55.1. The number of allylic oxidation sites excluding steroid dienone is 2. The zero-order chi connectivity index (χ0) is 65.6. The number of hydrogen-bond donors (Lipinski definition) is 0. The quantitative estimate of drug-likeness (QED) is 0.161. The van der Waals surface area contributed by atoms with Gasteiger partial charge in [0, 0.05) is 0 Å². The Kier molecular flexibility index (Phi) is 42.0. The maximum absolute atomic E-state index is 10.9. The van der Waals surface area contributed by atoms with Gasteiger partial charge in [0.1, 0.15) is 0 Å². The molecule has 8 aliphatic rings. The molecule has 21 heteroatoms. The first-order chi connectivity index (χ1) is 43.7. The van der Waals surface area contributed by atoms with Crippen LogP contribution in [0.4, 0.5) is 0 Å². The summed E-state index contributed by atoms with van der Waals surface area (Å²) < 4.78 is 71.3. The van der Waals surface area contributed by atoms with Crippen LogP contribution >= 0.6 is 42.6 Å². The Balaban J connectivity index is 0.000000164. The van der Waals surface area contributed by atoms with Crippen LogP contribution in [-0.2, 0) is 5.92 Å². The first-order valence-electron chi connectivity index (χ1n) is 30.5. The van der Waals surface area contributed by atoms with E-state index in [9.17, 15) is 3.10 Å². The number of rotatable bonds is 3. The fourth-order valence-corrected chi connectivity index (χ4v) is 83.9. The summed E-state index contributed by atoms with van der Waals surface area (Å²) in [5, 5.41) is 0. The van der Waals surface area contributed by atoms with Gasteiger partial charge in [-0.2, -0.15) is 0 Å². The van der Waals surface area contributed by atoms with Gasteiger partial charge in [-0.25, -0.2) is 0 Å². The molecule has 4 fully saturated rings. The topological polar surface area (TPSA) is 51.2 Å². The SMILES string of the molecule is C[N]1CC[N](C)[Bi]1[CH3].C[Te](=O)c1ccccc1.[CH3][Bi]([Cl])([Cl])([c]1ccccc1)[c]1ccccc1.[CH3][Bi]1[CH2]CC[CH2]1.[CH3][Bi]1[CH2]CC[O]1.[CH3][Bi]1[CH2]CC[S]1.[CH3][Bi]1[CH]=CC=[CH]1.[CH3][Bi]1[O]c2ccccc2[O]1.[CH3][Bi]1[S]c2ccccc2[S]1.[CH3][Bi]1[c]2ccccc2-c2cccc[c]21. The molecule has 0 bridgehead atoms. The average molecular weight is 3200 g/mol. The minimum absolute atomic E-state index is 0.561. The molecule has 0 N–H and O–H groups in total. The van der Waals surface area contributed by atoms with Gasteiger partial charge in [-0.15, -0.1) is 0 Å². The summed E-state index contributed by atoms with van der Waals surface area (Å²) in [6.45, 7) is 3.70. The van der Waals surface area contributed by atoms with Crippen LogP contribution in [0.5, 0.6) is 11.5 Å². The molecule has 0 atom stereocenters. The Labute approximate surface area is 639 Å². The molecule has 7 aromatic rings. The number of likely N-dealkylation sites (N-methyl/N-ethyl adjacent to an activating group) is 2. The first-order valence-corrected chi connectivity index (χ1v) is 118. The molecule has 0 saturated carbocycles. The summed E-state index contributed by atoms with van der Waals surface area (Å²) in [7, 11) is 24.8. The minimum atomic E-state index is -4.00. The van der Waals surface area contributed by atoms with Crippen LogP contribution in [0, 0.1) is 0 Å². The second-order valence-corrected chi connectivity index (χ2v) is 140. The number of benzene rings is 7. The molecule has 8 aliphatic heterocycles. The second-order valence-electron chi connectivity index (χ2n) is 22.2. The molecule has 0 aromatic heterocycles. The van der Waals surface area contributed by atoms with E-state index in [0.717, 1.165) is 28.3 Å². The van der Waals surface area contributed by atoms with E-state index < -0.39 is 207 Å². The summed E-state index contributed by atoms with van der Waals surface area (Å²) >= 11 is -14.8. The molecule has 492 valence electrons. The average Bonchev–Trinajstić information content (AvgIpc) is 1.84. The summed E-state index contributed by atoms with van der Waals surface area (Å²) in [6.07, 6.45) is 10.4. The molecule has 0 unspecified atom stereocenters. The Morgan fingerprint density at radius 3 is 1.29 bits per heavy atom. The second kappa shape index (κ2) is 45.7. The Morgan fingerprint density at radius 1 is 0.527 bits per heavy atom. The molecule has 0 spiro atoms. The third kappa shape index (κ3) is 30.5. The van der Waals surface area contributed by atoms with Crippen LogP contribution in [0.1, 0.15) is 25.7 Å². The molecule has 0 aliphatic carbocycles. The first kappa shape index (κ1) is 83.6. The molecule has 7 aromatic carbocycles. The normalized spacial score (nSPS) is 18.0. The van der Waals surface area contributed by atoms with E-state index in [2.05, 4.69) is 175 Å². The molecule has 0 amide bonds. The van der Waals surface area contributed by atoms with Crippen molar-refractivity contribution < 1.29 is 11.5 Å². The van der Waals surface area contributed by atoms with Crippen LogP contribution in [0.3, 0.4) is 0 Å². The van der Waals surface area contributed by atoms with Crippen LogP contribution in [-0.4, -0.2) is 253 Å². The van der Waals surface area contributed by atoms with Gasteiger partial charge in [0.25, 0.3) is 0 Å². The number of hydrogen-bond acceptors (Lipinski definition) is 9. The van der Waals surface area contributed by atoms with Crippen molar-refractivity contribution in [1.29, 1.82) is 0 Å². The fraction of sp³-hybridized carbons (Fsp3) is 0.343. The number of para-hydroxylation sites is 2.